The minimum atomic E-state index is -0.246. The molecule has 1 fully saturated rings. The van der Waals surface area contributed by atoms with Crippen LogP contribution in [0.15, 0.2) is 0 Å². The Morgan fingerprint density at radius 3 is 2.56 bits per heavy atom. The lowest BCUT2D eigenvalue weighted by Crippen LogP contribution is -2.28. The van der Waals surface area contributed by atoms with Crippen molar-refractivity contribution in [3.63, 3.8) is 0 Å². The average Bonchev–Trinajstić information content (AvgIpc) is 1.80. The second-order valence-electron chi connectivity index (χ2n) is 1.98. The Morgan fingerprint density at radius 2 is 2.11 bits per heavy atom. The van der Waals surface area contributed by atoms with Gasteiger partial charge in [-0.15, -0.1) is 12.6 Å². The molecule has 0 amide bonds. The Labute approximate surface area is 64.8 Å². The van der Waals surface area contributed by atoms with E-state index >= 15 is 0 Å². The number of carbonyl (C=O) groups excluding carboxylic acids is 1. The highest BCUT2D eigenvalue weighted by molar-refractivity contribution is 7.82. The molecule has 0 aromatic heterocycles. The zero-order valence-corrected chi connectivity index (χ0v) is 6.57. The molecule has 0 aliphatic carbocycles. The fourth-order valence-corrected chi connectivity index (χ4v) is 1.15. The monoisotopic (exact) mass is 164 g/mol. The van der Waals surface area contributed by atoms with Crippen molar-refractivity contribution in [2.45, 2.75) is 23.5 Å². The second kappa shape index (κ2) is 2.84. The van der Waals surface area contributed by atoms with Crippen molar-refractivity contribution >= 4 is 31.2 Å². The van der Waals surface area contributed by atoms with Crippen LogP contribution in [-0.2, 0) is 9.53 Å². The molecular formula is C5H8O2S2. The molecule has 2 nitrogen and oxygen atoms in total. The van der Waals surface area contributed by atoms with Gasteiger partial charge in [-0.1, -0.05) is 0 Å². The van der Waals surface area contributed by atoms with E-state index in [9.17, 15) is 4.79 Å². The highest BCUT2D eigenvalue weighted by Gasteiger charge is 2.24. The van der Waals surface area contributed by atoms with Crippen LogP contribution in [0.1, 0.15) is 12.8 Å². The van der Waals surface area contributed by atoms with Crippen molar-refractivity contribution in [1.82, 2.24) is 0 Å². The predicted molar refractivity (Wildman–Crippen MR) is 40.9 cm³/mol. The topological polar surface area (TPSA) is 26.3 Å². The van der Waals surface area contributed by atoms with Gasteiger partial charge in [-0.05, 0) is 12.8 Å². The Morgan fingerprint density at radius 1 is 1.44 bits per heavy atom. The Balaban J connectivity index is 2.44. The minimum Gasteiger partial charge on any atom is -0.451 e. The maximum atomic E-state index is 10.7. The SMILES string of the molecule is O=C1O[C@@H](S)CCC1S. The summed E-state index contributed by atoms with van der Waals surface area (Å²) in [6.07, 6.45) is 1.58. The summed E-state index contributed by atoms with van der Waals surface area (Å²) in [5.41, 5.74) is -0.208. The zero-order valence-electron chi connectivity index (χ0n) is 4.78. The third-order valence-corrected chi connectivity index (χ3v) is 2.04. The number of ether oxygens (including phenoxy) is 1. The summed E-state index contributed by atoms with van der Waals surface area (Å²) in [4.78, 5) is 10.7. The molecule has 0 saturated carbocycles. The van der Waals surface area contributed by atoms with E-state index in [1.165, 1.54) is 0 Å². The number of cyclic esters (lactones) is 1. The molecule has 52 valence electrons. The van der Waals surface area contributed by atoms with Crippen LogP contribution in [0.5, 0.6) is 0 Å². The molecule has 1 aliphatic heterocycles. The molecule has 0 aromatic carbocycles. The van der Waals surface area contributed by atoms with E-state index < -0.39 is 0 Å². The molecule has 4 heteroatoms. The molecule has 1 unspecified atom stereocenters. The van der Waals surface area contributed by atoms with Gasteiger partial charge in [0, 0.05) is 0 Å². The first kappa shape index (κ1) is 7.28. The Kier molecular flexibility index (Phi) is 2.29. The van der Waals surface area contributed by atoms with E-state index in [2.05, 4.69) is 25.3 Å². The van der Waals surface area contributed by atoms with Crippen LogP contribution in [0, 0.1) is 0 Å². The van der Waals surface area contributed by atoms with Crippen molar-refractivity contribution in [3.8, 4) is 0 Å². The van der Waals surface area contributed by atoms with E-state index in [1.54, 1.807) is 0 Å². The highest BCUT2D eigenvalue weighted by atomic mass is 32.1. The summed E-state index contributed by atoms with van der Waals surface area (Å²) < 4.78 is 4.75. The zero-order chi connectivity index (χ0) is 6.85. The van der Waals surface area contributed by atoms with Gasteiger partial charge in [0.25, 0.3) is 0 Å². The molecule has 0 N–H and O–H groups in total. The number of hydrogen-bond donors (Lipinski definition) is 2. The van der Waals surface area contributed by atoms with E-state index in [-0.39, 0.29) is 16.7 Å². The smallest absolute Gasteiger partial charge is 0.319 e. The number of esters is 1. The normalized spacial score (nSPS) is 36.0. The first-order valence-corrected chi connectivity index (χ1v) is 3.80. The fraction of sp³-hybridized carbons (Fsp3) is 0.800. The van der Waals surface area contributed by atoms with Crippen LogP contribution in [0.2, 0.25) is 0 Å². The van der Waals surface area contributed by atoms with E-state index in [4.69, 9.17) is 4.74 Å². The molecule has 1 aliphatic rings. The Hall–Kier alpha value is 0.170. The van der Waals surface area contributed by atoms with Gasteiger partial charge in [0.05, 0.1) is 5.25 Å². The van der Waals surface area contributed by atoms with Crippen molar-refractivity contribution in [2.24, 2.45) is 0 Å². The number of carbonyl (C=O) groups is 1. The summed E-state index contributed by atoms with van der Waals surface area (Å²) in [6.45, 7) is 0. The summed E-state index contributed by atoms with van der Waals surface area (Å²) in [5.74, 6) is -0.246. The van der Waals surface area contributed by atoms with Gasteiger partial charge in [0.2, 0.25) is 0 Å². The molecule has 1 saturated heterocycles. The standard InChI is InChI=1S/C5H8O2S2/c6-5-3(8)1-2-4(9)7-5/h3-4,8-9H,1-2H2/t3?,4-/m0/s1. The fourth-order valence-electron chi connectivity index (χ4n) is 0.690. The quantitative estimate of drug-likeness (QED) is 0.410. The predicted octanol–water partition coefficient (Wildman–Crippen LogP) is 0.878. The molecule has 0 radical (unpaired) electrons. The van der Waals surface area contributed by atoms with E-state index in [0.29, 0.717) is 0 Å². The largest absolute Gasteiger partial charge is 0.451 e. The lowest BCUT2D eigenvalue weighted by atomic mass is 10.2. The van der Waals surface area contributed by atoms with Crippen LogP contribution in [0.25, 0.3) is 0 Å². The van der Waals surface area contributed by atoms with Crippen molar-refractivity contribution < 1.29 is 9.53 Å². The summed E-state index contributed by atoms with van der Waals surface area (Å²) in [5, 5.41) is -0.228. The minimum absolute atomic E-state index is 0.208. The number of thiol groups is 2. The van der Waals surface area contributed by atoms with Gasteiger partial charge in [-0.3, -0.25) is 4.79 Å². The van der Waals surface area contributed by atoms with Crippen molar-refractivity contribution in [1.29, 1.82) is 0 Å². The van der Waals surface area contributed by atoms with Gasteiger partial charge in [0.15, 0.2) is 0 Å². The third kappa shape index (κ3) is 1.79. The summed E-state index contributed by atoms with van der Waals surface area (Å²) in [7, 11) is 0. The first-order valence-electron chi connectivity index (χ1n) is 2.77. The molecule has 0 spiro atoms. The summed E-state index contributed by atoms with van der Waals surface area (Å²) in [6, 6.07) is 0. The highest BCUT2D eigenvalue weighted by Crippen LogP contribution is 2.20. The van der Waals surface area contributed by atoms with Gasteiger partial charge in [-0.25, -0.2) is 0 Å². The molecule has 1 heterocycles. The van der Waals surface area contributed by atoms with Gasteiger partial charge < -0.3 is 4.74 Å². The van der Waals surface area contributed by atoms with Crippen LogP contribution < -0.4 is 0 Å². The number of hydrogen-bond acceptors (Lipinski definition) is 4. The first-order chi connectivity index (χ1) is 4.20. The lowest BCUT2D eigenvalue weighted by molar-refractivity contribution is -0.147. The van der Waals surface area contributed by atoms with Gasteiger partial charge in [-0.2, -0.15) is 12.6 Å². The molecule has 1 rings (SSSR count). The lowest BCUT2D eigenvalue weighted by Gasteiger charge is -2.21. The van der Waals surface area contributed by atoms with Gasteiger partial charge >= 0.3 is 5.97 Å². The molecule has 0 bridgehead atoms. The molecule has 2 atom stereocenters. The van der Waals surface area contributed by atoms with Crippen LogP contribution in [0.4, 0.5) is 0 Å². The van der Waals surface area contributed by atoms with Crippen LogP contribution in [-0.4, -0.2) is 16.7 Å². The molecule has 0 aromatic rings. The van der Waals surface area contributed by atoms with Crippen LogP contribution in [0.3, 0.4) is 0 Å². The molecule has 9 heavy (non-hydrogen) atoms. The van der Waals surface area contributed by atoms with Crippen molar-refractivity contribution in [3.05, 3.63) is 0 Å². The van der Waals surface area contributed by atoms with E-state index in [0.717, 1.165) is 12.8 Å². The Bertz CT molecular complexity index is 126. The van der Waals surface area contributed by atoms with Gasteiger partial charge in [0.1, 0.15) is 5.44 Å². The maximum absolute atomic E-state index is 10.7. The van der Waals surface area contributed by atoms with E-state index in [1.807, 2.05) is 0 Å². The maximum Gasteiger partial charge on any atom is 0.319 e. The van der Waals surface area contributed by atoms with Crippen LogP contribution >= 0.6 is 25.3 Å². The summed E-state index contributed by atoms with van der Waals surface area (Å²) >= 11 is 7.97. The average molecular weight is 164 g/mol. The second-order valence-corrected chi connectivity index (χ2v) is 3.18. The molecular weight excluding hydrogens is 156 g/mol. The number of rotatable bonds is 0. The van der Waals surface area contributed by atoms with Crippen molar-refractivity contribution in [2.75, 3.05) is 0 Å². The third-order valence-electron chi connectivity index (χ3n) is 1.21.